The summed E-state index contributed by atoms with van der Waals surface area (Å²) >= 11 is 0. The molecule has 1 aromatic heterocycles. The van der Waals surface area contributed by atoms with E-state index in [2.05, 4.69) is 0 Å². The first-order valence-corrected chi connectivity index (χ1v) is 3.68. The summed E-state index contributed by atoms with van der Waals surface area (Å²) < 4.78 is 1.48. The zero-order valence-corrected chi connectivity index (χ0v) is 7.03. The van der Waals surface area contributed by atoms with E-state index in [1.165, 1.54) is 10.6 Å². The fourth-order valence-electron chi connectivity index (χ4n) is 1.23. The lowest BCUT2D eigenvalue weighted by atomic mass is 10.3. The van der Waals surface area contributed by atoms with Gasteiger partial charge >= 0.3 is 5.97 Å². The maximum absolute atomic E-state index is 10.6. The third-order valence-electron chi connectivity index (χ3n) is 1.88. The largest absolute Gasteiger partial charge is 0.505 e. The summed E-state index contributed by atoms with van der Waals surface area (Å²) in [7, 11) is 1.63. The minimum absolute atomic E-state index is 0.0492. The summed E-state index contributed by atoms with van der Waals surface area (Å²) in [5.74, 6) is -1.27. The minimum atomic E-state index is -1.10. The van der Waals surface area contributed by atoms with Gasteiger partial charge in [-0.25, -0.2) is 4.79 Å². The van der Waals surface area contributed by atoms with Crippen molar-refractivity contribution in [3.8, 4) is 5.75 Å². The number of carboxylic acids is 1. The quantitative estimate of drug-likeness (QED) is 0.694. The topological polar surface area (TPSA) is 62.5 Å². The molecule has 4 nitrogen and oxygen atoms in total. The van der Waals surface area contributed by atoms with Gasteiger partial charge < -0.3 is 14.8 Å². The molecule has 2 N–H and O–H groups in total. The van der Waals surface area contributed by atoms with Crippen molar-refractivity contribution in [2.75, 3.05) is 0 Å². The second-order valence-electron chi connectivity index (χ2n) is 2.59. The molecule has 4 heteroatoms. The summed E-state index contributed by atoms with van der Waals surface area (Å²) in [5.41, 5.74) is 0.761. The molecule has 12 heavy (non-hydrogen) atoms. The average Bonchev–Trinajstić information content (AvgIpc) is 2.25. The van der Waals surface area contributed by atoms with Crippen LogP contribution in [-0.4, -0.2) is 20.7 Å². The molecule has 0 amide bonds. The predicted octanol–water partition coefficient (Wildman–Crippen LogP) is 0.991. The number of hydrogen-bond donors (Lipinski definition) is 2. The lowest BCUT2D eigenvalue weighted by molar-refractivity contribution is 0.0683. The number of nitrogens with zero attached hydrogens (tertiary/aromatic N) is 1. The number of aromatic carboxylic acids is 1. The van der Waals surface area contributed by atoms with Crippen LogP contribution in [0.5, 0.6) is 5.75 Å². The van der Waals surface area contributed by atoms with Crippen molar-refractivity contribution in [1.29, 1.82) is 0 Å². The molecule has 0 radical (unpaired) electrons. The second kappa shape index (κ2) is 2.89. The van der Waals surface area contributed by atoms with Crippen LogP contribution in [-0.2, 0) is 13.5 Å². The third-order valence-corrected chi connectivity index (χ3v) is 1.88. The molecule has 0 saturated carbocycles. The monoisotopic (exact) mass is 169 g/mol. The van der Waals surface area contributed by atoms with Crippen LogP contribution in [0.2, 0.25) is 0 Å². The van der Waals surface area contributed by atoms with Gasteiger partial charge in [0.2, 0.25) is 0 Å². The van der Waals surface area contributed by atoms with Crippen molar-refractivity contribution in [3.05, 3.63) is 17.5 Å². The van der Waals surface area contributed by atoms with E-state index in [1.54, 1.807) is 7.05 Å². The molecule has 0 fully saturated rings. The molecule has 66 valence electrons. The zero-order valence-electron chi connectivity index (χ0n) is 7.03. The standard InChI is InChI=1S/C8H11NO3/c1-3-5-4-6(10)7(8(11)12)9(5)2/h4,10H,3H2,1-2H3,(H,11,12). The zero-order chi connectivity index (χ0) is 9.30. The van der Waals surface area contributed by atoms with Gasteiger partial charge in [0.1, 0.15) is 5.75 Å². The highest BCUT2D eigenvalue weighted by molar-refractivity contribution is 5.89. The van der Waals surface area contributed by atoms with Crippen LogP contribution in [0.4, 0.5) is 0 Å². The van der Waals surface area contributed by atoms with E-state index in [0.717, 1.165) is 5.69 Å². The van der Waals surface area contributed by atoms with E-state index in [9.17, 15) is 9.90 Å². The van der Waals surface area contributed by atoms with Crippen LogP contribution in [0.25, 0.3) is 0 Å². The van der Waals surface area contributed by atoms with Crippen LogP contribution in [0.15, 0.2) is 6.07 Å². The average molecular weight is 169 g/mol. The van der Waals surface area contributed by atoms with Crippen LogP contribution in [0.1, 0.15) is 23.1 Å². The summed E-state index contributed by atoms with van der Waals surface area (Å²) in [6, 6.07) is 1.48. The Morgan fingerprint density at radius 1 is 1.67 bits per heavy atom. The van der Waals surface area contributed by atoms with Gasteiger partial charge in [-0.15, -0.1) is 0 Å². The van der Waals surface area contributed by atoms with Gasteiger partial charge in [-0.1, -0.05) is 6.92 Å². The molecular weight excluding hydrogens is 158 g/mol. The Labute approximate surface area is 70.1 Å². The van der Waals surface area contributed by atoms with Crippen molar-refractivity contribution < 1.29 is 15.0 Å². The normalized spacial score (nSPS) is 10.2. The maximum atomic E-state index is 10.6. The van der Waals surface area contributed by atoms with Crippen LogP contribution >= 0.6 is 0 Å². The minimum Gasteiger partial charge on any atom is -0.505 e. The Hall–Kier alpha value is -1.45. The van der Waals surface area contributed by atoms with E-state index in [0.29, 0.717) is 6.42 Å². The molecule has 0 aliphatic heterocycles. The van der Waals surface area contributed by atoms with Gasteiger partial charge in [-0.3, -0.25) is 0 Å². The first kappa shape index (κ1) is 8.64. The molecule has 0 aromatic carbocycles. The van der Waals surface area contributed by atoms with E-state index in [4.69, 9.17) is 5.11 Å². The van der Waals surface area contributed by atoms with Crippen molar-refractivity contribution in [3.63, 3.8) is 0 Å². The van der Waals surface area contributed by atoms with Gasteiger partial charge in [-0.2, -0.15) is 0 Å². The first-order chi connectivity index (χ1) is 5.57. The Bertz CT molecular complexity index is 314. The number of aromatic nitrogens is 1. The van der Waals surface area contributed by atoms with Gasteiger partial charge in [0, 0.05) is 18.8 Å². The highest BCUT2D eigenvalue weighted by Gasteiger charge is 2.16. The van der Waals surface area contributed by atoms with E-state index < -0.39 is 5.97 Å². The van der Waals surface area contributed by atoms with Crippen molar-refractivity contribution in [1.82, 2.24) is 4.57 Å². The van der Waals surface area contributed by atoms with E-state index in [1.807, 2.05) is 6.92 Å². The lowest BCUT2D eigenvalue weighted by Crippen LogP contribution is -2.06. The number of hydrogen-bond acceptors (Lipinski definition) is 2. The molecule has 1 rings (SSSR count). The fourth-order valence-corrected chi connectivity index (χ4v) is 1.23. The molecule has 0 unspecified atom stereocenters. The second-order valence-corrected chi connectivity index (χ2v) is 2.59. The Balaban J connectivity index is 3.28. The van der Waals surface area contributed by atoms with Gasteiger partial charge in [0.05, 0.1) is 0 Å². The predicted molar refractivity (Wildman–Crippen MR) is 43.4 cm³/mol. The Morgan fingerprint density at radius 3 is 2.50 bits per heavy atom. The Morgan fingerprint density at radius 2 is 2.25 bits per heavy atom. The lowest BCUT2D eigenvalue weighted by Gasteiger charge is -2.00. The third kappa shape index (κ3) is 1.15. The number of rotatable bonds is 2. The van der Waals surface area contributed by atoms with Crippen molar-refractivity contribution in [2.24, 2.45) is 7.05 Å². The molecular formula is C8H11NO3. The van der Waals surface area contributed by atoms with Crippen LogP contribution in [0, 0.1) is 0 Å². The molecule has 0 aliphatic carbocycles. The summed E-state index contributed by atoms with van der Waals surface area (Å²) in [5, 5.41) is 17.9. The number of aryl methyl sites for hydroxylation is 1. The first-order valence-electron chi connectivity index (χ1n) is 3.68. The molecule has 0 aliphatic rings. The van der Waals surface area contributed by atoms with Crippen LogP contribution in [0.3, 0.4) is 0 Å². The smallest absolute Gasteiger partial charge is 0.356 e. The highest BCUT2D eigenvalue weighted by atomic mass is 16.4. The molecule has 0 saturated heterocycles. The van der Waals surface area contributed by atoms with Crippen LogP contribution < -0.4 is 0 Å². The highest BCUT2D eigenvalue weighted by Crippen LogP contribution is 2.21. The SMILES string of the molecule is CCc1cc(O)c(C(=O)O)n1C. The van der Waals surface area contributed by atoms with Gasteiger partial charge in [0.15, 0.2) is 5.69 Å². The molecule has 0 bridgehead atoms. The number of carbonyl (C=O) groups is 1. The van der Waals surface area contributed by atoms with E-state index in [-0.39, 0.29) is 11.4 Å². The van der Waals surface area contributed by atoms with Gasteiger partial charge in [-0.05, 0) is 6.42 Å². The molecule has 1 aromatic rings. The van der Waals surface area contributed by atoms with Crippen molar-refractivity contribution >= 4 is 5.97 Å². The molecule has 0 spiro atoms. The van der Waals surface area contributed by atoms with Gasteiger partial charge in [0.25, 0.3) is 0 Å². The molecule has 0 atom stereocenters. The molecule has 1 heterocycles. The number of carboxylic acid groups (broad SMARTS) is 1. The fraction of sp³-hybridized carbons (Fsp3) is 0.375. The van der Waals surface area contributed by atoms with Crippen molar-refractivity contribution in [2.45, 2.75) is 13.3 Å². The number of aromatic hydroxyl groups is 1. The Kier molecular flexibility index (Phi) is 2.08. The van der Waals surface area contributed by atoms with E-state index >= 15 is 0 Å². The maximum Gasteiger partial charge on any atom is 0.356 e. The summed E-state index contributed by atoms with van der Waals surface area (Å²) in [4.78, 5) is 10.6. The summed E-state index contributed by atoms with van der Waals surface area (Å²) in [6.45, 7) is 1.90. The summed E-state index contributed by atoms with van der Waals surface area (Å²) in [6.07, 6.45) is 0.706.